The molecule has 1 unspecified atom stereocenters. The van der Waals surface area contributed by atoms with Gasteiger partial charge in [0, 0.05) is 28.3 Å². The minimum absolute atomic E-state index is 0.00485. The van der Waals surface area contributed by atoms with E-state index in [1.165, 1.54) is 10.9 Å². The molecule has 2 rings (SSSR count). The van der Waals surface area contributed by atoms with Crippen molar-refractivity contribution in [1.29, 1.82) is 0 Å². The van der Waals surface area contributed by atoms with Gasteiger partial charge in [-0.3, -0.25) is 4.67 Å². The molecule has 25 heavy (non-hydrogen) atoms. The Bertz CT molecular complexity index is 669. The Morgan fingerprint density at radius 2 is 1.48 bits per heavy atom. The summed E-state index contributed by atoms with van der Waals surface area (Å²) in [4.78, 5) is 0. The van der Waals surface area contributed by atoms with Gasteiger partial charge in [-0.15, -0.1) is 0 Å². The third-order valence-corrected chi connectivity index (χ3v) is 11.2. The van der Waals surface area contributed by atoms with Crippen molar-refractivity contribution in [3.63, 3.8) is 0 Å². The van der Waals surface area contributed by atoms with Crippen molar-refractivity contribution >= 4 is 19.1 Å². The molecule has 1 aliphatic heterocycles. The van der Waals surface area contributed by atoms with E-state index in [0.29, 0.717) is 0 Å². The van der Waals surface area contributed by atoms with Gasteiger partial charge in [0.05, 0.1) is 0 Å². The fraction of sp³-hybridized carbons (Fsp3) is 0.591. The number of allylic oxidation sites excluding steroid dienone is 1. The number of rotatable bonds is 2. The first-order valence-corrected chi connectivity index (χ1v) is 11.5. The van der Waals surface area contributed by atoms with E-state index in [0.717, 1.165) is 11.7 Å². The molecular weight excluding hydrogens is 320 g/mol. The van der Waals surface area contributed by atoms with E-state index in [1.54, 1.807) is 0 Å². The van der Waals surface area contributed by atoms with Gasteiger partial charge < -0.3 is 0 Å². The molecule has 0 aromatic heterocycles. The highest BCUT2D eigenvalue weighted by molar-refractivity contribution is 6.95. The maximum Gasteiger partial charge on any atom is 0.226 e. The van der Waals surface area contributed by atoms with Crippen LogP contribution in [0.5, 0.6) is 0 Å². The summed E-state index contributed by atoms with van der Waals surface area (Å²) in [5, 5.41) is 6.83. The second-order valence-corrected chi connectivity index (χ2v) is 15.0. The lowest BCUT2D eigenvalue weighted by atomic mass is 9.91. The molecule has 138 valence electrons. The summed E-state index contributed by atoms with van der Waals surface area (Å²) in [5.74, 6) is 0. The summed E-state index contributed by atoms with van der Waals surface area (Å²) >= 11 is 0. The lowest BCUT2D eigenvalue weighted by Crippen LogP contribution is -2.64. The van der Waals surface area contributed by atoms with Gasteiger partial charge in [0.1, 0.15) is 0 Å². The number of benzene rings is 1. The molecule has 0 N–H and O–H groups in total. The van der Waals surface area contributed by atoms with E-state index in [2.05, 4.69) is 104 Å². The normalized spacial score (nSPS) is 22.1. The predicted octanol–water partition coefficient (Wildman–Crippen LogP) is 5.92. The molecule has 0 radical (unpaired) electrons. The molecule has 0 fully saturated rings. The zero-order valence-corrected chi connectivity index (χ0v) is 18.7. The van der Waals surface area contributed by atoms with Crippen LogP contribution >= 0.6 is 0 Å². The quantitative estimate of drug-likeness (QED) is 0.601. The molecule has 1 atom stereocenters. The first-order valence-electron chi connectivity index (χ1n) is 9.34. The van der Waals surface area contributed by atoms with Crippen LogP contribution < -0.4 is 5.19 Å². The van der Waals surface area contributed by atoms with Gasteiger partial charge >= 0.3 is 0 Å². The summed E-state index contributed by atoms with van der Waals surface area (Å²) in [7, 11) is -2.16. The maximum atomic E-state index is 5.23. The molecule has 0 spiro atoms. The summed E-state index contributed by atoms with van der Waals surface area (Å²) < 4.78 is 2.39. The molecular formula is C22H36N2Si. The van der Waals surface area contributed by atoms with E-state index in [1.807, 2.05) is 0 Å². The van der Waals surface area contributed by atoms with Gasteiger partial charge in [-0.2, -0.15) is 5.10 Å². The molecule has 1 aromatic carbocycles. The minimum atomic E-state index is -2.16. The molecule has 0 amide bonds. The highest BCUT2D eigenvalue weighted by Gasteiger charge is 2.58. The second-order valence-electron chi connectivity index (χ2n) is 10.5. The van der Waals surface area contributed by atoms with Crippen LogP contribution in [-0.2, 0) is 0 Å². The van der Waals surface area contributed by atoms with Gasteiger partial charge in [-0.1, -0.05) is 99.2 Å². The van der Waals surface area contributed by atoms with Crippen LogP contribution in [-0.4, -0.2) is 18.6 Å². The molecule has 0 saturated heterocycles. The van der Waals surface area contributed by atoms with Gasteiger partial charge in [0.15, 0.2) is 0 Å². The number of hydrogen-bond acceptors (Lipinski definition) is 2. The molecule has 1 aromatic rings. The van der Waals surface area contributed by atoms with E-state index in [4.69, 9.17) is 5.10 Å². The Labute approximate surface area is 156 Å². The maximum absolute atomic E-state index is 5.23. The standard InChI is InChI=1S/C22H36N2Si/c1-17(20(2,3)4)24-23-19(21(5,6)7)16-25(24,22(8,9)10)18-14-12-11-13-15-18/h11-15H,1,16H2,2-10H3. The number of hydrogen-bond donors (Lipinski definition) is 0. The number of nitrogens with zero attached hydrogens (tertiary/aromatic N) is 2. The molecule has 0 bridgehead atoms. The number of hydrazone groups is 1. The Balaban J connectivity index is 2.74. The summed E-state index contributed by atoms with van der Waals surface area (Å²) in [5.41, 5.74) is 2.51. The fourth-order valence-electron chi connectivity index (χ4n) is 3.54. The summed E-state index contributed by atoms with van der Waals surface area (Å²) in [6, 6.07) is 12.1. The highest BCUT2D eigenvalue weighted by Crippen LogP contribution is 2.49. The smallest absolute Gasteiger partial charge is 0.226 e. The van der Waals surface area contributed by atoms with Crippen LogP contribution in [0.1, 0.15) is 62.3 Å². The Kier molecular flexibility index (Phi) is 4.89. The molecule has 3 heteroatoms. The van der Waals surface area contributed by atoms with Crippen molar-refractivity contribution in [2.24, 2.45) is 15.9 Å². The summed E-state index contributed by atoms with van der Waals surface area (Å²) in [6.45, 7) is 25.2. The van der Waals surface area contributed by atoms with Gasteiger partial charge in [0.25, 0.3) is 0 Å². The van der Waals surface area contributed by atoms with Crippen molar-refractivity contribution in [2.75, 3.05) is 0 Å². The van der Waals surface area contributed by atoms with Crippen LogP contribution in [0.25, 0.3) is 0 Å². The molecule has 1 heterocycles. The highest BCUT2D eigenvalue weighted by atomic mass is 28.3. The monoisotopic (exact) mass is 356 g/mol. The zero-order chi connectivity index (χ0) is 19.3. The molecule has 0 aliphatic carbocycles. The first kappa shape index (κ1) is 20.0. The van der Waals surface area contributed by atoms with Gasteiger partial charge in [-0.05, 0) is 10.2 Å². The first-order chi connectivity index (χ1) is 11.2. The zero-order valence-electron chi connectivity index (χ0n) is 17.7. The predicted molar refractivity (Wildman–Crippen MR) is 114 cm³/mol. The average molecular weight is 357 g/mol. The third kappa shape index (κ3) is 3.48. The Hall–Kier alpha value is -1.35. The van der Waals surface area contributed by atoms with Crippen molar-refractivity contribution in [1.82, 2.24) is 4.67 Å². The van der Waals surface area contributed by atoms with Crippen molar-refractivity contribution < 1.29 is 0 Å². The van der Waals surface area contributed by atoms with Crippen LogP contribution in [0.2, 0.25) is 11.1 Å². The van der Waals surface area contributed by atoms with Crippen LogP contribution in [0.3, 0.4) is 0 Å². The van der Waals surface area contributed by atoms with Crippen molar-refractivity contribution in [3.05, 3.63) is 42.6 Å². The minimum Gasteiger partial charge on any atom is -0.292 e. The van der Waals surface area contributed by atoms with E-state index in [-0.39, 0.29) is 15.9 Å². The van der Waals surface area contributed by atoms with Gasteiger partial charge in [-0.25, -0.2) is 0 Å². The van der Waals surface area contributed by atoms with E-state index >= 15 is 0 Å². The second kappa shape index (κ2) is 6.12. The lowest BCUT2D eigenvalue weighted by molar-refractivity contribution is 0.370. The SMILES string of the molecule is C=C(N1N=C(C(C)(C)C)C[Si]1(c1ccccc1)C(C)(C)C)C(C)(C)C. The average Bonchev–Trinajstić information content (AvgIpc) is 2.87. The molecule has 1 aliphatic rings. The van der Waals surface area contributed by atoms with Gasteiger partial charge in [0.2, 0.25) is 8.24 Å². The van der Waals surface area contributed by atoms with E-state index in [9.17, 15) is 0 Å². The summed E-state index contributed by atoms with van der Waals surface area (Å²) in [6.07, 6.45) is 0. The third-order valence-electron chi connectivity index (χ3n) is 5.48. The van der Waals surface area contributed by atoms with Crippen LogP contribution in [0.15, 0.2) is 47.7 Å². The van der Waals surface area contributed by atoms with Crippen molar-refractivity contribution in [2.45, 2.75) is 73.4 Å². The Morgan fingerprint density at radius 3 is 1.88 bits per heavy atom. The largest absolute Gasteiger partial charge is 0.292 e. The Morgan fingerprint density at radius 1 is 0.960 bits per heavy atom. The molecule has 2 nitrogen and oxygen atoms in total. The van der Waals surface area contributed by atoms with Crippen molar-refractivity contribution in [3.8, 4) is 0 Å². The fourth-order valence-corrected chi connectivity index (χ4v) is 9.08. The topological polar surface area (TPSA) is 15.6 Å². The molecule has 0 saturated carbocycles. The lowest BCUT2D eigenvalue weighted by Gasteiger charge is -2.48. The van der Waals surface area contributed by atoms with E-state index < -0.39 is 8.24 Å². The van der Waals surface area contributed by atoms with Crippen LogP contribution in [0.4, 0.5) is 0 Å². The van der Waals surface area contributed by atoms with Crippen LogP contribution in [0, 0.1) is 10.8 Å².